The van der Waals surface area contributed by atoms with Crippen LogP contribution in [0.3, 0.4) is 0 Å². The Morgan fingerprint density at radius 1 is 1.21 bits per heavy atom. The van der Waals surface area contributed by atoms with Gasteiger partial charge >= 0.3 is 0 Å². The Labute approximate surface area is 89.9 Å². The third-order valence-electron chi connectivity index (χ3n) is 3.54. The second kappa shape index (κ2) is 5.16. The molecule has 0 bridgehead atoms. The number of hydrogen-bond acceptors (Lipinski definition) is 1. The van der Waals surface area contributed by atoms with Gasteiger partial charge in [-0.05, 0) is 50.2 Å². The molecule has 0 aromatic carbocycles. The Kier molecular flexibility index (Phi) is 4.43. The van der Waals surface area contributed by atoms with E-state index in [-0.39, 0.29) is 0 Å². The van der Waals surface area contributed by atoms with E-state index < -0.39 is 0 Å². The minimum absolute atomic E-state index is 0.512. The molecule has 1 heterocycles. The van der Waals surface area contributed by atoms with Crippen molar-refractivity contribution in [3.63, 3.8) is 0 Å². The van der Waals surface area contributed by atoms with E-state index in [1.54, 1.807) is 0 Å². The zero-order chi connectivity index (χ0) is 10.6. The molecule has 0 amide bonds. The molecule has 1 heteroatoms. The highest BCUT2D eigenvalue weighted by Crippen LogP contribution is 2.34. The predicted octanol–water partition coefficient (Wildman–Crippen LogP) is 3.36. The quantitative estimate of drug-likeness (QED) is 0.669. The fourth-order valence-electron chi connectivity index (χ4n) is 2.36. The van der Waals surface area contributed by atoms with E-state index in [0.717, 1.165) is 12.3 Å². The van der Waals surface area contributed by atoms with Gasteiger partial charge in [0.25, 0.3) is 0 Å². The molecule has 0 aromatic heterocycles. The van der Waals surface area contributed by atoms with Crippen molar-refractivity contribution in [1.82, 2.24) is 4.90 Å². The van der Waals surface area contributed by atoms with Gasteiger partial charge in [-0.1, -0.05) is 34.1 Å². The number of piperidine rings is 1. The molecule has 1 saturated heterocycles. The smallest absolute Gasteiger partial charge is 0.00159 e. The third-order valence-corrected chi connectivity index (χ3v) is 3.54. The van der Waals surface area contributed by atoms with Gasteiger partial charge in [-0.3, -0.25) is 0 Å². The van der Waals surface area contributed by atoms with Crippen LogP contribution in [0, 0.1) is 18.3 Å². The fraction of sp³-hybridized carbons (Fsp3) is 0.923. The Hall–Kier alpha value is -0.0400. The maximum atomic E-state index is 3.90. The van der Waals surface area contributed by atoms with Crippen LogP contribution < -0.4 is 0 Å². The van der Waals surface area contributed by atoms with Gasteiger partial charge < -0.3 is 4.90 Å². The minimum atomic E-state index is 0.512. The number of hydrogen-bond donors (Lipinski definition) is 0. The molecule has 1 radical (unpaired) electrons. The van der Waals surface area contributed by atoms with Gasteiger partial charge in [-0.25, -0.2) is 0 Å². The summed E-state index contributed by atoms with van der Waals surface area (Å²) >= 11 is 0. The molecule has 0 N–H and O–H groups in total. The van der Waals surface area contributed by atoms with Crippen LogP contribution in [0.25, 0.3) is 0 Å². The predicted molar refractivity (Wildman–Crippen MR) is 63.2 cm³/mol. The van der Waals surface area contributed by atoms with Crippen molar-refractivity contribution in [3.05, 3.63) is 6.92 Å². The maximum absolute atomic E-state index is 3.90. The van der Waals surface area contributed by atoms with Gasteiger partial charge in [0.1, 0.15) is 0 Å². The largest absolute Gasteiger partial charge is 0.303 e. The van der Waals surface area contributed by atoms with Crippen molar-refractivity contribution in [2.75, 3.05) is 19.6 Å². The van der Waals surface area contributed by atoms with Crippen LogP contribution in [0.15, 0.2) is 0 Å². The normalized spacial score (nSPS) is 21.4. The average molecular weight is 196 g/mol. The zero-order valence-corrected chi connectivity index (χ0v) is 10.2. The van der Waals surface area contributed by atoms with E-state index >= 15 is 0 Å². The van der Waals surface area contributed by atoms with Crippen molar-refractivity contribution in [2.45, 2.75) is 46.5 Å². The lowest BCUT2D eigenvalue weighted by Gasteiger charge is -2.38. The highest BCUT2D eigenvalue weighted by Gasteiger charge is 2.28. The number of unbranched alkanes of at least 4 members (excludes halogenated alkanes) is 1. The topological polar surface area (TPSA) is 3.24 Å². The average Bonchev–Trinajstić information content (AvgIpc) is 2.14. The number of rotatable bonds is 3. The molecule has 0 aliphatic carbocycles. The lowest BCUT2D eigenvalue weighted by molar-refractivity contribution is 0.112. The van der Waals surface area contributed by atoms with E-state index in [4.69, 9.17) is 0 Å². The van der Waals surface area contributed by atoms with Gasteiger partial charge in [-0.2, -0.15) is 0 Å². The molecule has 0 aromatic rings. The second-order valence-corrected chi connectivity index (χ2v) is 5.69. The first-order valence-electron chi connectivity index (χ1n) is 6.05. The van der Waals surface area contributed by atoms with Crippen LogP contribution in [-0.2, 0) is 0 Å². The van der Waals surface area contributed by atoms with Crippen molar-refractivity contribution < 1.29 is 0 Å². The Bertz CT molecular complexity index is 149. The highest BCUT2D eigenvalue weighted by molar-refractivity contribution is 4.80. The monoisotopic (exact) mass is 196 g/mol. The molecule has 0 atom stereocenters. The zero-order valence-electron chi connectivity index (χ0n) is 10.2. The molecule has 0 saturated carbocycles. The summed E-state index contributed by atoms with van der Waals surface area (Å²) in [6, 6.07) is 0. The molecule has 1 aliphatic rings. The van der Waals surface area contributed by atoms with E-state index in [1.165, 1.54) is 38.9 Å². The van der Waals surface area contributed by atoms with Crippen LogP contribution in [0.5, 0.6) is 0 Å². The van der Waals surface area contributed by atoms with Crippen LogP contribution in [0.4, 0.5) is 0 Å². The first kappa shape index (κ1) is 12.0. The van der Waals surface area contributed by atoms with Crippen molar-refractivity contribution >= 4 is 0 Å². The molecule has 0 spiro atoms. The Morgan fingerprint density at radius 3 is 2.21 bits per heavy atom. The van der Waals surface area contributed by atoms with Gasteiger partial charge in [0.2, 0.25) is 0 Å². The molecular weight excluding hydrogens is 170 g/mol. The molecule has 1 aliphatic heterocycles. The van der Waals surface area contributed by atoms with Crippen LogP contribution in [0.1, 0.15) is 46.5 Å². The molecule has 1 nitrogen and oxygen atoms in total. The van der Waals surface area contributed by atoms with Crippen molar-refractivity contribution in [3.8, 4) is 0 Å². The molecular formula is C13H26N. The molecule has 1 rings (SSSR count). The number of likely N-dealkylation sites (tertiary alicyclic amines) is 1. The lowest BCUT2D eigenvalue weighted by atomic mass is 9.75. The summed E-state index contributed by atoms with van der Waals surface area (Å²) in [5.41, 5.74) is 0.512. The summed E-state index contributed by atoms with van der Waals surface area (Å²) in [4.78, 5) is 2.60. The molecule has 1 fully saturated rings. The fourth-order valence-corrected chi connectivity index (χ4v) is 2.36. The van der Waals surface area contributed by atoms with Crippen LogP contribution in [-0.4, -0.2) is 24.5 Å². The first-order valence-corrected chi connectivity index (χ1v) is 6.05. The Balaban J connectivity index is 2.24. The van der Waals surface area contributed by atoms with E-state index in [2.05, 4.69) is 32.6 Å². The van der Waals surface area contributed by atoms with Gasteiger partial charge in [0.15, 0.2) is 0 Å². The minimum Gasteiger partial charge on any atom is -0.303 e. The van der Waals surface area contributed by atoms with Crippen LogP contribution in [0.2, 0.25) is 0 Å². The summed E-state index contributed by atoms with van der Waals surface area (Å²) in [6.45, 7) is 14.9. The first-order chi connectivity index (χ1) is 6.54. The van der Waals surface area contributed by atoms with Gasteiger partial charge in [-0.15, -0.1) is 0 Å². The summed E-state index contributed by atoms with van der Waals surface area (Å²) in [5.74, 6) is 0.929. The summed E-state index contributed by atoms with van der Waals surface area (Å²) in [7, 11) is 0. The Morgan fingerprint density at radius 2 is 1.79 bits per heavy atom. The maximum Gasteiger partial charge on any atom is -0.00159 e. The number of nitrogens with zero attached hydrogens (tertiary/aromatic N) is 1. The highest BCUT2D eigenvalue weighted by atomic mass is 15.1. The van der Waals surface area contributed by atoms with Gasteiger partial charge in [0, 0.05) is 0 Å². The summed E-state index contributed by atoms with van der Waals surface area (Å²) in [5, 5.41) is 0. The van der Waals surface area contributed by atoms with E-state index in [9.17, 15) is 0 Å². The van der Waals surface area contributed by atoms with Gasteiger partial charge in [0.05, 0.1) is 0 Å². The SMILES string of the molecule is [CH2]CCCN1CCC(C(C)(C)C)CC1. The van der Waals surface area contributed by atoms with Crippen molar-refractivity contribution in [2.24, 2.45) is 11.3 Å². The lowest BCUT2D eigenvalue weighted by Crippen LogP contribution is -2.38. The van der Waals surface area contributed by atoms with Crippen molar-refractivity contribution in [1.29, 1.82) is 0 Å². The summed E-state index contributed by atoms with van der Waals surface area (Å²) < 4.78 is 0. The second-order valence-electron chi connectivity index (χ2n) is 5.69. The van der Waals surface area contributed by atoms with Crippen LogP contribution >= 0.6 is 0 Å². The van der Waals surface area contributed by atoms with E-state index in [0.29, 0.717) is 5.41 Å². The molecule has 14 heavy (non-hydrogen) atoms. The summed E-state index contributed by atoms with van der Waals surface area (Å²) in [6.07, 6.45) is 5.13. The molecule has 0 unspecified atom stereocenters. The van der Waals surface area contributed by atoms with E-state index in [1.807, 2.05) is 0 Å². The molecule has 83 valence electrons. The standard InChI is InChI=1S/C13H26N/c1-5-6-9-14-10-7-12(8-11-14)13(2,3)4/h12H,1,5-11H2,2-4H3. The third kappa shape index (κ3) is 3.61.